The van der Waals surface area contributed by atoms with Gasteiger partial charge in [-0.2, -0.15) is 0 Å². The fourth-order valence-electron chi connectivity index (χ4n) is 2.07. The number of aliphatic imine (C=N–C) groups is 1. The lowest BCUT2D eigenvalue weighted by Gasteiger charge is -2.11. The number of aromatic nitrogens is 1. The Kier molecular flexibility index (Phi) is 9.63. The lowest BCUT2D eigenvalue weighted by atomic mass is 10.1. The predicted molar refractivity (Wildman–Crippen MR) is 108 cm³/mol. The average Bonchev–Trinajstić information content (AvgIpc) is 2.56. The van der Waals surface area contributed by atoms with Crippen LogP contribution in [-0.2, 0) is 12.8 Å². The van der Waals surface area contributed by atoms with Crippen LogP contribution in [-0.4, -0.2) is 31.1 Å². The van der Waals surface area contributed by atoms with Crippen molar-refractivity contribution in [2.24, 2.45) is 4.99 Å². The van der Waals surface area contributed by atoms with E-state index in [0.717, 1.165) is 37.5 Å². The lowest BCUT2D eigenvalue weighted by molar-refractivity contribution is 0.783. The molecule has 2 N–H and O–H groups in total. The molecule has 1 heterocycles. The van der Waals surface area contributed by atoms with Gasteiger partial charge in [0.15, 0.2) is 5.96 Å². The van der Waals surface area contributed by atoms with Gasteiger partial charge in [-0.1, -0.05) is 48.0 Å². The van der Waals surface area contributed by atoms with Crippen molar-refractivity contribution >= 4 is 41.5 Å². The standard InChI is InChI=1S/C17H21ClN4.HI/c1-19-17(20-11-9-14-5-3-2-4-6-14)21-12-10-15-7-8-16(18)22-13-15;/h2-8,13H,9-12H2,1H3,(H2,19,20,21);1H. The van der Waals surface area contributed by atoms with E-state index in [1.54, 1.807) is 13.2 Å². The van der Waals surface area contributed by atoms with Crippen LogP contribution in [0.3, 0.4) is 0 Å². The van der Waals surface area contributed by atoms with Crippen LogP contribution in [0.5, 0.6) is 0 Å². The second kappa shape index (κ2) is 11.2. The van der Waals surface area contributed by atoms with Gasteiger partial charge in [0, 0.05) is 26.3 Å². The van der Waals surface area contributed by atoms with Crippen molar-refractivity contribution in [2.45, 2.75) is 12.8 Å². The third-order valence-corrected chi connectivity index (χ3v) is 3.49. The summed E-state index contributed by atoms with van der Waals surface area (Å²) in [5.41, 5.74) is 2.47. The molecular weight excluding hydrogens is 423 g/mol. The Morgan fingerprint density at radius 2 is 1.65 bits per heavy atom. The number of nitrogens with one attached hydrogen (secondary N) is 2. The molecule has 0 spiro atoms. The molecule has 0 aliphatic carbocycles. The van der Waals surface area contributed by atoms with Gasteiger partial charge >= 0.3 is 0 Å². The molecule has 1 aromatic heterocycles. The number of pyridine rings is 1. The molecule has 2 rings (SSSR count). The van der Waals surface area contributed by atoms with Crippen LogP contribution in [0.1, 0.15) is 11.1 Å². The third kappa shape index (κ3) is 7.65. The van der Waals surface area contributed by atoms with E-state index in [1.807, 2.05) is 18.2 Å². The number of hydrogen-bond donors (Lipinski definition) is 2. The normalized spacial score (nSPS) is 10.8. The number of rotatable bonds is 6. The molecular formula is C17H22ClIN4. The summed E-state index contributed by atoms with van der Waals surface area (Å²) >= 11 is 5.77. The van der Waals surface area contributed by atoms with E-state index >= 15 is 0 Å². The molecule has 0 atom stereocenters. The Balaban J connectivity index is 0.00000264. The predicted octanol–water partition coefficient (Wildman–Crippen LogP) is 3.30. The van der Waals surface area contributed by atoms with Crippen molar-refractivity contribution in [3.8, 4) is 0 Å². The van der Waals surface area contributed by atoms with E-state index in [9.17, 15) is 0 Å². The lowest BCUT2D eigenvalue weighted by Crippen LogP contribution is -2.39. The van der Waals surface area contributed by atoms with E-state index < -0.39 is 0 Å². The van der Waals surface area contributed by atoms with Crippen LogP contribution >= 0.6 is 35.6 Å². The number of hydrogen-bond acceptors (Lipinski definition) is 2. The number of nitrogens with zero attached hydrogens (tertiary/aromatic N) is 2. The van der Waals surface area contributed by atoms with E-state index in [2.05, 4.69) is 44.9 Å². The first-order valence-corrected chi connectivity index (χ1v) is 7.74. The molecule has 0 amide bonds. The minimum Gasteiger partial charge on any atom is -0.356 e. The molecule has 0 bridgehead atoms. The Bertz CT molecular complexity index is 587. The zero-order valence-electron chi connectivity index (χ0n) is 13.1. The van der Waals surface area contributed by atoms with E-state index in [1.165, 1.54) is 5.56 Å². The fourth-order valence-corrected chi connectivity index (χ4v) is 2.18. The van der Waals surface area contributed by atoms with Crippen LogP contribution in [0.25, 0.3) is 0 Å². The number of guanidine groups is 1. The summed E-state index contributed by atoms with van der Waals surface area (Å²) in [6.45, 7) is 1.65. The Hall–Kier alpha value is -1.34. The number of halogens is 2. The highest BCUT2D eigenvalue weighted by atomic mass is 127. The molecule has 0 aliphatic heterocycles. The fraction of sp³-hybridized carbons (Fsp3) is 0.294. The highest BCUT2D eigenvalue weighted by Gasteiger charge is 1.99. The quantitative estimate of drug-likeness (QED) is 0.311. The Labute approximate surface area is 159 Å². The first-order chi connectivity index (χ1) is 10.8. The largest absolute Gasteiger partial charge is 0.356 e. The van der Waals surface area contributed by atoms with Crippen LogP contribution in [0.4, 0.5) is 0 Å². The van der Waals surface area contributed by atoms with E-state index in [0.29, 0.717) is 5.15 Å². The molecule has 6 heteroatoms. The first-order valence-electron chi connectivity index (χ1n) is 7.37. The second-order valence-electron chi connectivity index (χ2n) is 4.90. The molecule has 0 saturated heterocycles. The van der Waals surface area contributed by atoms with Crippen molar-refractivity contribution in [2.75, 3.05) is 20.1 Å². The van der Waals surface area contributed by atoms with Crippen molar-refractivity contribution in [1.29, 1.82) is 0 Å². The highest BCUT2D eigenvalue weighted by Crippen LogP contribution is 2.05. The minimum atomic E-state index is 0. The maximum atomic E-state index is 5.77. The van der Waals surface area contributed by atoms with Gasteiger partial charge < -0.3 is 10.6 Å². The van der Waals surface area contributed by atoms with Crippen LogP contribution < -0.4 is 10.6 Å². The summed E-state index contributed by atoms with van der Waals surface area (Å²) in [4.78, 5) is 8.29. The molecule has 4 nitrogen and oxygen atoms in total. The van der Waals surface area contributed by atoms with Crippen molar-refractivity contribution in [3.05, 3.63) is 64.9 Å². The van der Waals surface area contributed by atoms with Crippen LogP contribution in [0.15, 0.2) is 53.7 Å². The van der Waals surface area contributed by atoms with Crippen LogP contribution in [0, 0.1) is 0 Å². The van der Waals surface area contributed by atoms with Crippen molar-refractivity contribution < 1.29 is 0 Å². The van der Waals surface area contributed by atoms with Gasteiger partial charge in [0.1, 0.15) is 5.15 Å². The summed E-state index contributed by atoms with van der Waals surface area (Å²) in [5, 5.41) is 7.14. The smallest absolute Gasteiger partial charge is 0.190 e. The van der Waals surface area contributed by atoms with Crippen LogP contribution in [0.2, 0.25) is 5.15 Å². The Morgan fingerprint density at radius 3 is 2.22 bits per heavy atom. The van der Waals surface area contributed by atoms with E-state index in [-0.39, 0.29) is 24.0 Å². The van der Waals surface area contributed by atoms with Gasteiger partial charge in [0.2, 0.25) is 0 Å². The first kappa shape index (κ1) is 19.7. The highest BCUT2D eigenvalue weighted by molar-refractivity contribution is 14.0. The molecule has 124 valence electrons. The van der Waals surface area contributed by atoms with Gasteiger partial charge in [-0.15, -0.1) is 24.0 Å². The third-order valence-electron chi connectivity index (χ3n) is 3.27. The minimum absolute atomic E-state index is 0. The monoisotopic (exact) mass is 444 g/mol. The van der Waals surface area contributed by atoms with Gasteiger partial charge in [-0.3, -0.25) is 4.99 Å². The molecule has 0 unspecified atom stereocenters. The molecule has 23 heavy (non-hydrogen) atoms. The second-order valence-corrected chi connectivity index (χ2v) is 5.29. The number of benzene rings is 1. The maximum absolute atomic E-state index is 5.77. The zero-order chi connectivity index (χ0) is 15.6. The molecule has 0 fully saturated rings. The Morgan fingerprint density at radius 1 is 1.00 bits per heavy atom. The topological polar surface area (TPSA) is 49.3 Å². The summed E-state index contributed by atoms with van der Waals surface area (Å²) in [7, 11) is 1.78. The molecule has 0 saturated carbocycles. The summed E-state index contributed by atoms with van der Waals surface area (Å²) < 4.78 is 0. The summed E-state index contributed by atoms with van der Waals surface area (Å²) in [6.07, 6.45) is 3.65. The van der Waals surface area contributed by atoms with E-state index in [4.69, 9.17) is 11.6 Å². The maximum Gasteiger partial charge on any atom is 0.190 e. The summed E-state index contributed by atoms with van der Waals surface area (Å²) in [6, 6.07) is 14.2. The molecule has 0 radical (unpaired) electrons. The zero-order valence-corrected chi connectivity index (χ0v) is 16.2. The molecule has 1 aromatic carbocycles. The van der Waals surface area contributed by atoms with Crippen molar-refractivity contribution in [1.82, 2.24) is 15.6 Å². The molecule has 0 aliphatic rings. The van der Waals surface area contributed by atoms with Gasteiger partial charge in [0.25, 0.3) is 0 Å². The van der Waals surface area contributed by atoms with Gasteiger partial charge in [-0.05, 0) is 30.0 Å². The average molecular weight is 445 g/mol. The SMILES string of the molecule is CN=C(NCCc1ccccc1)NCCc1ccc(Cl)nc1.I. The van der Waals surface area contributed by atoms with Gasteiger partial charge in [0.05, 0.1) is 0 Å². The summed E-state index contributed by atoms with van der Waals surface area (Å²) in [5.74, 6) is 0.817. The van der Waals surface area contributed by atoms with Crippen molar-refractivity contribution in [3.63, 3.8) is 0 Å². The molecule has 2 aromatic rings. The van der Waals surface area contributed by atoms with Gasteiger partial charge in [-0.25, -0.2) is 4.98 Å².